The summed E-state index contributed by atoms with van der Waals surface area (Å²) in [4.78, 5) is 39.1. The Bertz CT molecular complexity index is 4090. The van der Waals surface area contributed by atoms with E-state index in [4.69, 9.17) is 19.9 Å². The monoisotopic (exact) mass is 1190 g/mol. The molecule has 90 heavy (non-hydrogen) atoms. The Hall–Kier alpha value is -7.58. The number of hydrogen-bond donors (Lipinski definition) is 4. The van der Waals surface area contributed by atoms with Crippen LogP contribution in [0.15, 0.2) is 60.7 Å². The minimum absolute atomic E-state index is 0.264. The zero-order chi connectivity index (χ0) is 62.0. The highest BCUT2D eigenvalue weighted by Crippen LogP contribution is 2.61. The van der Waals surface area contributed by atoms with Crippen LogP contribution in [0.25, 0.3) is 88.7 Å². The fourth-order valence-electron chi connectivity index (χ4n) is 18.1. The van der Waals surface area contributed by atoms with Crippen molar-refractivity contribution in [3.8, 4) is 0 Å². The van der Waals surface area contributed by atoms with Crippen LogP contribution >= 0.6 is 0 Å². The molecule has 17 rings (SSSR count). The lowest BCUT2D eigenvalue weighted by Gasteiger charge is -2.44. The number of rotatable bonds is 16. The molecule has 4 unspecified atom stereocenters. The van der Waals surface area contributed by atoms with Crippen molar-refractivity contribution in [2.75, 3.05) is 0 Å². The van der Waals surface area contributed by atoms with Crippen LogP contribution in [0, 0.1) is 0 Å². The first-order chi connectivity index (χ1) is 43.9. The van der Waals surface area contributed by atoms with Crippen molar-refractivity contribution in [3.63, 3.8) is 0 Å². The molecule has 7 aromatic rings. The molecule has 0 saturated heterocycles. The van der Waals surface area contributed by atoms with Gasteiger partial charge >= 0.3 is 0 Å². The number of unbranched alkanes of at least 4 members (excludes halogenated alkanes) is 4. The van der Waals surface area contributed by atoms with Crippen LogP contribution in [0.4, 0.5) is 0 Å². The third kappa shape index (κ3) is 9.23. The first-order valence-corrected chi connectivity index (χ1v) is 35.5. The summed E-state index contributed by atoms with van der Waals surface area (Å²) in [6, 6.07) is 24.8. The Morgan fingerprint density at radius 3 is 0.711 bits per heavy atom. The molecule has 6 aliphatic carbocycles. The molecule has 4 aliphatic heterocycles. The minimum Gasteiger partial charge on any atom is -0.355 e. The van der Waals surface area contributed by atoms with Gasteiger partial charge in [-0.1, -0.05) is 93.2 Å². The van der Waals surface area contributed by atoms with E-state index in [1.165, 1.54) is 133 Å². The standard InChI is InChI=1S/C82H94N8/c1-13-21-25-51-43(9)63-35-75-79-55-29-30-56(80(79)76(89-75)36-64-44(10)52(26-22-14-2)72(84-64)40-68-48(18-6)47(17-5)67(87-68)39-71(51)83-63)60-34-62-58-32-31-57(61(62)33-59(55)60)81-77-37-65-45(11)53(27-23-15-3)73(85-65)41-69-49(19-7)50(20-8)70(88-69)42-74-54(28-24-16-4)46(12)66(86-74)38-78(90-77)82(58)81/h33-42,55-58,87-90H,13-32H2,1-12H3. The maximum absolute atomic E-state index is 5.66. The van der Waals surface area contributed by atoms with E-state index in [1.54, 1.807) is 22.3 Å². The van der Waals surface area contributed by atoms with Gasteiger partial charge < -0.3 is 19.9 Å². The first-order valence-electron chi connectivity index (χ1n) is 35.5. The Morgan fingerprint density at radius 1 is 0.289 bits per heavy atom. The van der Waals surface area contributed by atoms with Crippen LogP contribution in [-0.2, 0) is 25.7 Å². The molecule has 0 saturated carbocycles. The quantitative estimate of drug-likeness (QED) is 0.0772. The smallest absolute Gasteiger partial charge is 0.0693 e. The summed E-state index contributed by atoms with van der Waals surface area (Å²) >= 11 is 0. The summed E-state index contributed by atoms with van der Waals surface area (Å²) in [6.45, 7) is 27.8. The van der Waals surface area contributed by atoms with E-state index in [0.717, 1.165) is 174 Å². The Kier molecular flexibility index (Phi) is 15.2. The largest absolute Gasteiger partial charge is 0.355 e. The Labute approximate surface area is 533 Å². The zero-order valence-corrected chi connectivity index (χ0v) is 56.0. The molecule has 8 nitrogen and oxygen atoms in total. The number of aromatic amines is 4. The average molecular weight is 1190 g/mol. The highest BCUT2D eigenvalue weighted by Gasteiger charge is 2.46. The van der Waals surface area contributed by atoms with E-state index >= 15 is 0 Å². The average Bonchev–Trinajstić information content (AvgIpc) is 1.47. The molecular weight excluding hydrogens is 1100 g/mol. The van der Waals surface area contributed by atoms with E-state index < -0.39 is 0 Å². The van der Waals surface area contributed by atoms with Gasteiger partial charge in [0.1, 0.15) is 0 Å². The number of fused-ring (bicyclic) bond motifs is 18. The highest BCUT2D eigenvalue weighted by molar-refractivity contribution is 5.98. The topological polar surface area (TPSA) is 115 Å². The van der Waals surface area contributed by atoms with Gasteiger partial charge in [0.05, 0.1) is 45.6 Å². The lowest BCUT2D eigenvalue weighted by molar-refractivity contribution is 0.504. The summed E-state index contributed by atoms with van der Waals surface area (Å²) < 4.78 is 0. The minimum atomic E-state index is 0.264. The second-order valence-corrected chi connectivity index (χ2v) is 27.8. The van der Waals surface area contributed by atoms with Gasteiger partial charge in [0.2, 0.25) is 0 Å². The van der Waals surface area contributed by atoms with Crippen molar-refractivity contribution in [3.05, 3.63) is 173 Å². The molecule has 8 heteroatoms. The SMILES string of the molecule is CCCCC1=C(C)c2cc3[nH]c(cc4nc(cc5[nH]c(cc1n2)c(CC)c5CC)C(CCCC)=C4C)c1c3C2CCC1c1cc3c(cc12)C1CCC3c2c1c1cc3nc(cc4[nH]c(cc5nc(cc2[nH]1)C(C)=C5CCCC)c(CC)c4CC)C(CCCC)=C3C. The number of H-pyrrole nitrogens is 4. The lowest BCUT2D eigenvalue weighted by Crippen LogP contribution is -2.28. The third-order valence-corrected chi connectivity index (χ3v) is 22.9. The molecule has 10 heterocycles. The number of allylic oxidation sites excluding steroid dienone is 8. The van der Waals surface area contributed by atoms with Crippen LogP contribution in [0.2, 0.25) is 0 Å². The van der Waals surface area contributed by atoms with E-state index in [-0.39, 0.29) is 23.7 Å². The van der Waals surface area contributed by atoms with E-state index in [1.807, 2.05) is 0 Å². The Balaban J connectivity index is 0.958. The van der Waals surface area contributed by atoms with Crippen molar-refractivity contribution in [1.82, 2.24) is 39.9 Å². The molecule has 4 N–H and O–H groups in total. The predicted molar refractivity (Wildman–Crippen MR) is 380 cm³/mol. The third-order valence-electron chi connectivity index (χ3n) is 22.9. The number of nitrogens with zero attached hydrogens (tertiary/aromatic N) is 4. The molecule has 0 radical (unpaired) electrons. The number of nitrogens with one attached hydrogen (secondary N) is 4. The van der Waals surface area contributed by atoms with Gasteiger partial charge in [-0.2, -0.15) is 0 Å². The summed E-state index contributed by atoms with van der Waals surface area (Å²) in [5.41, 5.74) is 47.0. The second kappa shape index (κ2) is 23.3. The Morgan fingerprint density at radius 2 is 0.500 bits per heavy atom. The maximum atomic E-state index is 5.66. The van der Waals surface area contributed by atoms with Gasteiger partial charge in [-0.3, -0.25) is 0 Å². The fraction of sp³-hybridized carbons (Fsp3) is 0.439. The van der Waals surface area contributed by atoms with Gasteiger partial charge in [0, 0.05) is 67.8 Å². The molecule has 0 spiro atoms. The number of aryl methyl sites for hydroxylation is 4. The molecule has 1 aromatic carbocycles. The molecule has 0 fully saturated rings. The first kappa shape index (κ1) is 58.8. The summed E-state index contributed by atoms with van der Waals surface area (Å²) in [6.07, 6.45) is 21.6. The lowest BCUT2D eigenvalue weighted by atomic mass is 9.59. The normalized spacial score (nSPS) is 18.8. The van der Waals surface area contributed by atoms with Gasteiger partial charge in [0.15, 0.2) is 0 Å². The van der Waals surface area contributed by atoms with Gasteiger partial charge in [-0.25, -0.2) is 19.9 Å². The van der Waals surface area contributed by atoms with E-state index in [0.29, 0.717) is 0 Å². The summed E-state index contributed by atoms with van der Waals surface area (Å²) in [7, 11) is 0. The number of aromatic nitrogens is 8. The predicted octanol–water partition coefficient (Wildman–Crippen LogP) is 22.4. The van der Waals surface area contributed by atoms with Crippen molar-refractivity contribution < 1.29 is 0 Å². The van der Waals surface area contributed by atoms with Crippen molar-refractivity contribution in [2.24, 2.45) is 0 Å². The fourth-order valence-corrected chi connectivity index (χ4v) is 18.1. The van der Waals surface area contributed by atoms with Crippen molar-refractivity contribution in [1.29, 1.82) is 0 Å². The van der Waals surface area contributed by atoms with Gasteiger partial charge in [0.25, 0.3) is 0 Å². The number of benzene rings is 1. The van der Waals surface area contributed by atoms with E-state index in [2.05, 4.69) is 164 Å². The van der Waals surface area contributed by atoms with Crippen molar-refractivity contribution in [2.45, 2.75) is 235 Å². The molecule has 20 bridgehead atoms. The zero-order valence-electron chi connectivity index (χ0n) is 56.0. The van der Waals surface area contributed by atoms with E-state index in [9.17, 15) is 0 Å². The summed E-state index contributed by atoms with van der Waals surface area (Å²) in [5.74, 6) is 1.06. The molecule has 0 amide bonds. The molecule has 462 valence electrons. The summed E-state index contributed by atoms with van der Waals surface area (Å²) in [5, 5.41) is 0. The van der Waals surface area contributed by atoms with Gasteiger partial charge in [-0.15, -0.1) is 0 Å². The molecule has 6 aromatic heterocycles. The van der Waals surface area contributed by atoms with Gasteiger partial charge in [-0.05, 0) is 290 Å². The van der Waals surface area contributed by atoms with Crippen LogP contribution in [-0.4, -0.2) is 39.9 Å². The molecular formula is C82H94N8. The van der Waals surface area contributed by atoms with Crippen LogP contribution in [0.5, 0.6) is 0 Å². The number of hydrogen-bond acceptors (Lipinski definition) is 4. The second-order valence-electron chi connectivity index (χ2n) is 27.8. The van der Waals surface area contributed by atoms with Crippen LogP contribution in [0.1, 0.15) is 322 Å². The van der Waals surface area contributed by atoms with Crippen LogP contribution in [0.3, 0.4) is 0 Å². The molecule has 4 atom stereocenters. The van der Waals surface area contributed by atoms with Crippen LogP contribution < -0.4 is 0 Å². The highest BCUT2D eigenvalue weighted by atomic mass is 14.8. The van der Waals surface area contributed by atoms with Crippen molar-refractivity contribution >= 4 is 88.7 Å². The maximum Gasteiger partial charge on any atom is 0.0693 e. The molecule has 10 aliphatic rings.